The van der Waals surface area contributed by atoms with Gasteiger partial charge in [-0.15, -0.1) is 0 Å². The highest BCUT2D eigenvalue weighted by Gasteiger charge is 2.13. The van der Waals surface area contributed by atoms with Crippen molar-refractivity contribution in [1.29, 1.82) is 0 Å². The number of nitrogens with zero attached hydrogens (tertiary/aromatic N) is 1. The Morgan fingerprint density at radius 3 is 2.68 bits per heavy atom. The summed E-state index contributed by atoms with van der Waals surface area (Å²) in [6.45, 7) is 4.88. The molecule has 1 atom stereocenters. The number of aliphatic hydroxyl groups is 1. The minimum Gasteiger partial charge on any atom is -0.491 e. The molecule has 0 aliphatic carbocycles. The van der Waals surface area contributed by atoms with Crippen LogP contribution in [0.4, 0.5) is 0 Å². The number of benzene rings is 1. The minimum atomic E-state index is -0.513. The van der Waals surface area contributed by atoms with Gasteiger partial charge in [0.05, 0.1) is 0 Å². The summed E-state index contributed by atoms with van der Waals surface area (Å²) >= 11 is 7.54. The fraction of sp³-hybridized carbons (Fsp3) is 0.412. The smallest absolute Gasteiger partial charge is 0.119 e. The first-order valence-electron chi connectivity index (χ1n) is 7.47. The highest BCUT2D eigenvalue weighted by atomic mass is 35.5. The highest BCUT2D eigenvalue weighted by molar-refractivity contribution is 7.07. The second-order valence-electron chi connectivity index (χ2n) is 5.29. The Labute approximate surface area is 141 Å². The van der Waals surface area contributed by atoms with Gasteiger partial charge in [0, 0.05) is 18.1 Å². The van der Waals surface area contributed by atoms with Crippen LogP contribution in [-0.4, -0.2) is 35.8 Å². The van der Waals surface area contributed by atoms with E-state index in [1.54, 1.807) is 23.5 Å². The maximum atomic E-state index is 10.2. The van der Waals surface area contributed by atoms with E-state index in [1.165, 1.54) is 5.56 Å². The molecule has 1 aromatic heterocycles. The van der Waals surface area contributed by atoms with Crippen LogP contribution in [0.1, 0.15) is 18.9 Å². The molecule has 5 heteroatoms. The van der Waals surface area contributed by atoms with Crippen molar-refractivity contribution in [2.75, 3.05) is 19.7 Å². The highest BCUT2D eigenvalue weighted by Crippen LogP contribution is 2.16. The Morgan fingerprint density at radius 2 is 2.05 bits per heavy atom. The lowest BCUT2D eigenvalue weighted by molar-refractivity contribution is 0.0656. The number of rotatable bonds is 9. The lowest BCUT2D eigenvalue weighted by Crippen LogP contribution is -2.35. The fourth-order valence-electron chi connectivity index (χ4n) is 2.27. The first-order chi connectivity index (χ1) is 10.7. The summed E-state index contributed by atoms with van der Waals surface area (Å²) < 4.78 is 5.60. The molecule has 0 saturated carbocycles. The normalized spacial score (nSPS) is 12.5. The van der Waals surface area contributed by atoms with E-state index < -0.39 is 6.10 Å². The van der Waals surface area contributed by atoms with Crippen LogP contribution >= 0.6 is 22.9 Å². The van der Waals surface area contributed by atoms with Gasteiger partial charge in [-0.2, -0.15) is 11.3 Å². The van der Waals surface area contributed by atoms with Crippen LogP contribution in [0, 0.1) is 0 Å². The van der Waals surface area contributed by atoms with Crippen molar-refractivity contribution < 1.29 is 9.84 Å². The molecule has 1 unspecified atom stereocenters. The molecule has 0 radical (unpaired) electrons. The summed E-state index contributed by atoms with van der Waals surface area (Å²) in [7, 11) is 0. The number of hydrogen-bond donors (Lipinski definition) is 1. The largest absolute Gasteiger partial charge is 0.491 e. The maximum absolute atomic E-state index is 10.2. The van der Waals surface area contributed by atoms with Crippen molar-refractivity contribution >= 4 is 22.9 Å². The predicted octanol–water partition coefficient (Wildman–Crippen LogP) is 4.05. The van der Waals surface area contributed by atoms with Crippen molar-refractivity contribution in [3.05, 3.63) is 51.7 Å². The molecular weight excluding hydrogens is 318 g/mol. The molecular formula is C17H22ClNO2S. The third-order valence-corrected chi connectivity index (χ3v) is 4.24. The lowest BCUT2D eigenvalue weighted by Gasteiger charge is -2.24. The monoisotopic (exact) mass is 339 g/mol. The van der Waals surface area contributed by atoms with E-state index in [2.05, 4.69) is 28.7 Å². The molecule has 0 bridgehead atoms. The topological polar surface area (TPSA) is 32.7 Å². The zero-order valence-corrected chi connectivity index (χ0v) is 14.3. The average molecular weight is 340 g/mol. The van der Waals surface area contributed by atoms with Crippen LogP contribution in [0.5, 0.6) is 5.75 Å². The quantitative estimate of drug-likeness (QED) is 0.748. The number of hydrogen-bond acceptors (Lipinski definition) is 4. The second kappa shape index (κ2) is 9.16. The molecule has 0 fully saturated rings. The van der Waals surface area contributed by atoms with Crippen molar-refractivity contribution in [3.8, 4) is 5.75 Å². The van der Waals surface area contributed by atoms with Crippen LogP contribution in [0.2, 0.25) is 5.02 Å². The Balaban J connectivity index is 1.79. The predicted molar refractivity (Wildman–Crippen MR) is 92.8 cm³/mol. The van der Waals surface area contributed by atoms with Gasteiger partial charge >= 0.3 is 0 Å². The molecule has 2 rings (SSSR count). The molecule has 1 N–H and O–H groups in total. The zero-order valence-electron chi connectivity index (χ0n) is 12.7. The van der Waals surface area contributed by atoms with Gasteiger partial charge in [-0.25, -0.2) is 0 Å². The molecule has 0 saturated heterocycles. The molecule has 1 aromatic carbocycles. The first kappa shape index (κ1) is 17.3. The van der Waals surface area contributed by atoms with Gasteiger partial charge in [0.15, 0.2) is 0 Å². The van der Waals surface area contributed by atoms with Crippen LogP contribution < -0.4 is 4.74 Å². The minimum absolute atomic E-state index is 0.283. The molecule has 0 amide bonds. The van der Waals surface area contributed by atoms with Crippen LogP contribution in [0.3, 0.4) is 0 Å². The fourth-order valence-corrected chi connectivity index (χ4v) is 3.05. The Kier molecular flexibility index (Phi) is 7.19. The van der Waals surface area contributed by atoms with Crippen molar-refractivity contribution in [1.82, 2.24) is 4.90 Å². The third kappa shape index (κ3) is 5.97. The zero-order chi connectivity index (χ0) is 15.8. The second-order valence-corrected chi connectivity index (χ2v) is 6.50. The average Bonchev–Trinajstić information content (AvgIpc) is 3.00. The number of aliphatic hydroxyl groups excluding tert-OH is 1. The Hall–Kier alpha value is -1.07. The van der Waals surface area contributed by atoms with Gasteiger partial charge in [0.1, 0.15) is 18.5 Å². The number of halogens is 1. The van der Waals surface area contributed by atoms with Gasteiger partial charge < -0.3 is 9.84 Å². The Morgan fingerprint density at radius 1 is 1.27 bits per heavy atom. The molecule has 0 aliphatic heterocycles. The van der Waals surface area contributed by atoms with Crippen molar-refractivity contribution in [2.24, 2.45) is 0 Å². The van der Waals surface area contributed by atoms with Crippen LogP contribution in [-0.2, 0) is 6.54 Å². The summed E-state index contributed by atoms with van der Waals surface area (Å²) in [6.07, 6.45) is 0.551. The number of thiophene rings is 1. The summed E-state index contributed by atoms with van der Waals surface area (Å²) in [4.78, 5) is 2.26. The molecule has 1 heterocycles. The molecule has 0 aliphatic rings. The summed E-state index contributed by atoms with van der Waals surface area (Å²) in [5.41, 5.74) is 1.30. The van der Waals surface area contributed by atoms with E-state index in [4.69, 9.17) is 16.3 Å². The van der Waals surface area contributed by atoms with Gasteiger partial charge in [0.25, 0.3) is 0 Å². The molecule has 120 valence electrons. The molecule has 2 aromatic rings. The summed E-state index contributed by atoms with van der Waals surface area (Å²) in [6, 6.07) is 9.31. The van der Waals surface area contributed by atoms with Gasteiger partial charge in [0.2, 0.25) is 0 Å². The number of ether oxygens (including phenoxy) is 1. The van der Waals surface area contributed by atoms with Crippen molar-refractivity contribution in [3.63, 3.8) is 0 Å². The van der Waals surface area contributed by atoms with Gasteiger partial charge in [-0.3, -0.25) is 4.90 Å². The SMILES string of the molecule is CCCN(Cc1ccsc1)CC(O)COc1ccc(Cl)cc1. The summed E-state index contributed by atoms with van der Waals surface area (Å²) in [5, 5.41) is 15.1. The molecule has 0 spiro atoms. The Bertz CT molecular complexity index is 530. The molecule has 22 heavy (non-hydrogen) atoms. The van der Waals surface area contributed by atoms with E-state index in [0.29, 0.717) is 11.6 Å². The molecule has 3 nitrogen and oxygen atoms in total. The maximum Gasteiger partial charge on any atom is 0.119 e. The standard InChI is InChI=1S/C17H22ClNO2S/c1-2-8-19(10-14-7-9-22-13-14)11-16(20)12-21-17-5-3-15(18)4-6-17/h3-7,9,13,16,20H,2,8,10-12H2,1H3. The van der Waals surface area contributed by atoms with E-state index in [9.17, 15) is 5.11 Å². The summed E-state index contributed by atoms with van der Waals surface area (Å²) in [5.74, 6) is 0.725. The van der Waals surface area contributed by atoms with Crippen LogP contribution in [0.15, 0.2) is 41.1 Å². The lowest BCUT2D eigenvalue weighted by atomic mass is 10.2. The van der Waals surface area contributed by atoms with Gasteiger partial charge in [-0.05, 0) is 59.6 Å². The van der Waals surface area contributed by atoms with E-state index >= 15 is 0 Å². The van der Waals surface area contributed by atoms with Crippen molar-refractivity contribution in [2.45, 2.75) is 26.0 Å². The van der Waals surface area contributed by atoms with E-state index in [-0.39, 0.29) is 6.61 Å². The third-order valence-electron chi connectivity index (χ3n) is 3.25. The van der Waals surface area contributed by atoms with E-state index in [1.807, 2.05) is 12.1 Å². The van der Waals surface area contributed by atoms with Crippen LogP contribution in [0.25, 0.3) is 0 Å². The van der Waals surface area contributed by atoms with E-state index in [0.717, 1.165) is 25.3 Å². The van der Waals surface area contributed by atoms with Gasteiger partial charge in [-0.1, -0.05) is 18.5 Å². The first-order valence-corrected chi connectivity index (χ1v) is 8.79.